The van der Waals surface area contributed by atoms with Crippen LogP contribution in [0.25, 0.3) is 0 Å². The number of aromatic nitrogens is 2. The number of ether oxygens (including phenoxy) is 1. The summed E-state index contributed by atoms with van der Waals surface area (Å²) in [5.41, 5.74) is 5.78. The molecule has 1 heterocycles. The largest absolute Gasteiger partial charge is 0.370 e. The molecule has 0 aliphatic heterocycles. The summed E-state index contributed by atoms with van der Waals surface area (Å²) < 4.78 is 10.9. The van der Waals surface area contributed by atoms with Crippen LogP contribution in [0.4, 0.5) is 0 Å². The number of rotatable bonds is 5. The lowest BCUT2D eigenvalue weighted by Gasteiger charge is -2.27. The molecular weight excluding hydrogens is 218 g/mol. The molecule has 0 fully saturated rings. The van der Waals surface area contributed by atoms with Gasteiger partial charge in [0.2, 0.25) is 11.7 Å². The van der Waals surface area contributed by atoms with Crippen LogP contribution in [0.5, 0.6) is 0 Å². The Hall–Kier alpha value is -0.940. The summed E-state index contributed by atoms with van der Waals surface area (Å²) in [6, 6.07) is -0.196. The zero-order valence-corrected chi connectivity index (χ0v) is 11.4. The smallest absolute Gasteiger partial charge is 0.243 e. The third kappa shape index (κ3) is 3.51. The molecule has 5 nitrogen and oxygen atoms in total. The van der Waals surface area contributed by atoms with Crippen LogP contribution >= 0.6 is 0 Å². The molecule has 0 aromatic carbocycles. The van der Waals surface area contributed by atoms with Crippen LogP contribution in [0.2, 0.25) is 0 Å². The lowest BCUT2D eigenvalue weighted by molar-refractivity contribution is -0.0203. The van der Waals surface area contributed by atoms with E-state index in [1.165, 1.54) is 0 Å². The molecule has 17 heavy (non-hydrogen) atoms. The van der Waals surface area contributed by atoms with Crippen LogP contribution in [0.15, 0.2) is 4.52 Å². The highest BCUT2D eigenvalue weighted by atomic mass is 16.5. The highest BCUT2D eigenvalue weighted by molar-refractivity contribution is 4.98. The SMILES string of the molecule is CCOC(c1noc(C(N)CC)n1)C(C)(C)C. The van der Waals surface area contributed by atoms with Gasteiger partial charge < -0.3 is 15.0 Å². The van der Waals surface area contributed by atoms with Gasteiger partial charge in [0.1, 0.15) is 6.10 Å². The fourth-order valence-corrected chi connectivity index (χ4v) is 1.56. The Morgan fingerprint density at radius 3 is 2.47 bits per heavy atom. The van der Waals surface area contributed by atoms with Crippen molar-refractivity contribution in [2.24, 2.45) is 11.1 Å². The van der Waals surface area contributed by atoms with E-state index in [1.54, 1.807) is 0 Å². The second-order valence-electron chi connectivity index (χ2n) is 5.21. The Balaban J connectivity index is 2.92. The molecule has 0 radical (unpaired) electrons. The molecule has 0 aliphatic rings. The van der Waals surface area contributed by atoms with Crippen molar-refractivity contribution in [1.82, 2.24) is 10.1 Å². The molecule has 0 bridgehead atoms. The maximum absolute atomic E-state index is 5.85. The monoisotopic (exact) mass is 241 g/mol. The van der Waals surface area contributed by atoms with E-state index in [9.17, 15) is 0 Å². The topological polar surface area (TPSA) is 74.2 Å². The summed E-state index contributed by atoms with van der Waals surface area (Å²) >= 11 is 0. The van der Waals surface area contributed by atoms with E-state index in [0.717, 1.165) is 6.42 Å². The molecule has 0 saturated heterocycles. The molecule has 5 heteroatoms. The van der Waals surface area contributed by atoms with E-state index in [2.05, 4.69) is 30.9 Å². The molecule has 1 rings (SSSR count). The fraction of sp³-hybridized carbons (Fsp3) is 0.833. The number of nitrogens with zero attached hydrogens (tertiary/aromatic N) is 2. The first-order chi connectivity index (χ1) is 7.90. The predicted octanol–water partition coefficient (Wildman–Crippen LogP) is 2.60. The zero-order valence-electron chi connectivity index (χ0n) is 11.4. The average molecular weight is 241 g/mol. The van der Waals surface area contributed by atoms with E-state index >= 15 is 0 Å². The van der Waals surface area contributed by atoms with Crippen LogP contribution < -0.4 is 5.73 Å². The normalized spacial score (nSPS) is 15.9. The quantitative estimate of drug-likeness (QED) is 0.857. The summed E-state index contributed by atoms with van der Waals surface area (Å²) in [5.74, 6) is 1.06. The maximum Gasteiger partial charge on any atom is 0.243 e. The van der Waals surface area contributed by atoms with Crippen molar-refractivity contribution in [3.05, 3.63) is 11.7 Å². The number of hydrogen-bond donors (Lipinski definition) is 1. The number of nitrogens with two attached hydrogens (primary N) is 1. The van der Waals surface area contributed by atoms with Gasteiger partial charge in [0.25, 0.3) is 0 Å². The van der Waals surface area contributed by atoms with E-state index in [-0.39, 0.29) is 17.6 Å². The van der Waals surface area contributed by atoms with Gasteiger partial charge in [-0.25, -0.2) is 0 Å². The Bertz CT molecular complexity index is 344. The molecular formula is C12H23N3O2. The summed E-state index contributed by atoms with van der Waals surface area (Å²) in [7, 11) is 0. The van der Waals surface area contributed by atoms with Crippen LogP contribution in [0, 0.1) is 5.41 Å². The lowest BCUT2D eigenvalue weighted by Crippen LogP contribution is -2.22. The van der Waals surface area contributed by atoms with Gasteiger partial charge in [-0.1, -0.05) is 32.9 Å². The molecule has 0 spiro atoms. The van der Waals surface area contributed by atoms with Crippen LogP contribution in [-0.2, 0) is 4.74 Å². The minimum atomic E-state index is -0.196. The summed E-state index contributed by atoms with van der Waals surface area (Å²) in [6.07, 6.45) is 0.602. The van der Waals surface area contributed by atoms with Crippen LogP contribution in [-0.4, -0.2) is 16.7 Å². The molecule has 0 aliphatic carbocycles. The van der Waals surface area contributed by atoms with Gasteiger partial charge in [0.15, 0.2) is 0 Å². The minimum Gasteiger partial charge on any atom is -0.370 e. The standard InChI is InChI=1S/C12H23N3O2/c1-6-8(13)11-14-10(15-17-11)9(16-7-2)12(3,4)5/h8-9H,6-7,13H2,1-5H3. The first-order valence-corrected chi connectivity index (χ1v) is 6.10. The zero-order chi connectivity index (χ0) is 13.1. The molecule has 0 saturated carbocycles. The van der Waals surface area contributed by atoms with Gasteiger partial charge in [0, 0.05) is 6.61 Å². The highest BCUT2D eigenvalue weighted by Gasteiger charge is 2.31. The van der Waals surface area contributed by atoms with Crippen molar-refractivity contribution in [3.8, 4) is 0 Å². The number of hydrogen-bond acceptors (Lipinski definition) is 5. The third-order valence-electron chi connectivity index (χ3n) is 2.57. The van der Waals surface area contributed by atoms with Crippen molar-refractivity contribution < 1.29 is 9.26 Å². The molecule has 2 atom stereocenters. The van der Waals surface area contributed by atoms with Crippen LogP contribution in [0.3, 0.4) is 0 Å². The van der Waals surface area contributed by atoms with Gasteiger partial charge in [-0.2, -0.15) is 4.98 Å². The van der Waals surface area contributed by atoms with Crippen molar-refractivity contribution in [2.45, 2.75) is 53.2 Å². The second-order valence-corrected chi connectivity index (χ2v) is 5.21. The maximum atomic E-state index is 5.85. The summed E-state index contributed by atoms with van der Waals surface area (Å²) in [4.78, 5) is 4.34. The summed E-state index contributed by atoms with van der Waals surface area (Å²) in [5, 5.41) is 3.98. The van der Waals surface area contributed by atoms with E-state index in [1.807, 2.05) is 13.8 Å². The van der Waals surface area contributed by atoms with E-state index < -0.39 is 0 Å². The van der Waals surface area contributed by atoms with Crippen molar-refractivity contribution in [1.29, 1.82) is 0 Å². The van der Waals surface area contributed by atoms with Gasteiger partial charge in [-0.05, 0) is 18.8 Å². The summed E-state index contributed by atoms with van der Waals surface area (Å²) in [6.45, 7) is 10.8. The molecule has 0 amide bonds. The minimum absolute atomic E-state index is 0.0759. The van der Waals surface area contributed by atoms with E-state index in [4.69, 9.17) is 15.0 Å². The lowest BCUT2D eigenvalue weighted by atomic mass is 9.88. The molecule has 2 unspecified atom stereocenters. The molecule has 1 aromatic heterocycles. The molecule has 2 N–H and O–H groups in total. The Kier molecular flexibility index (Phi) is 4.65. The Morgan fingerprint density at radius 2 is 2.00 bits per heavy atom. The van der Waals surface area contributed by atoms with Gasteiger partial charge in [0.05, 0.1) is 6.04 Å². The first-order valence-electron chi connectivity index (χ1n) is 6.10. The third-order valence-corrected chi connectivity index (χ3v) is 2.57. The van der Waals surface area contributed by atoms with Crippen molar-refractivity contribution in [3.63, 3.8) is 0 Å². The van der Waals surface area contributed by atoms with Gasteiger partial charge in [-0.3, -0.25) is 0 Å². The predicted molar refractivity (Wildman–Crippen MR) is 65.3 cm³/mol. The second kappa shape index (κ2) is 5.60. The Morgan fingerprint density at radius 1 is 1.35 bits per heavy atom. The fourth-order valence-electron chi connectivity index (χ4n) is 1.56. The van der Waals surface area contributed by atoms with Gasteiger partial charge >= 0.3 is 0 Å². The van der Waals surface area contributed by atoms with E-state index in [0.29, 0.717) is 18.3 Å². The Labute approximate surface area is 103 Å². The average Bonchev–Trinajstić information content (AvgIpc) is 2.72. The first kappa shape index (κ1) is 14.1. The van der Waals surface area contributed by atoms with Crippen molar-refractivity contribution >= 4 is 0 Å². The van der Waals surface area contributed by atoms with Gasteiger partial charge in [-0.15, -0.1) is 0 Å². The molecule has 1 aromatic rings. The van der Waals surface area contributed by atoms with Crippen molar-refractivity contribution in [2.75, 3.05) is 6.61 Å². The highest BCUT2D eigenvalue weighted by Crippen LogP contribution is 2.34. The molecule has 98 valence electrons. The van der Waals surface area contributed by atoms with Crippen LogP contribution in [0.1, 0.15) is 64.9 Å².